The summed E-state index contributed by atoms with van der Waals surface area (Å²) in [6.45, 7) is 3.84. The minimum atomic E-state index is -0.241. The van der Waals surface area contributed by atoms with Crippen molar-refractivity contribution in [2.75, 3.05) is 5.73 Å². The average molecular weight is 207 g/mol. The van der Waals surface area contributed by atoms with Crippen molar-refractivity contribution in [2.24, 2.45) is 0 Å². The van der Waals surface area contributed by atoms with Crippen LogP contribution in [0.4, 0.5) is 5.95 Å². The van der Waals surface area contributed by atoms with Crippen LogP contribution in [0.5, 0.6) is 0 Å². The molecule has 15 heavy (non-hydrogen) atoms. The third-order valence-corrected chi connectivity index (χ3v) is 2.23. The second-order valence-corrected chi connectivity index (χ2v) is 3.46. The average Bonchev–Trinajstić information content (AvgIpc) is 2.43. The van der Waals surface area contributed by atoms with Crippen molar-refractivity contribution >= 4 is 11.5 Å². The number of aromatic amines is 1. The molecule has 0 spiro atoms. The predicted octanol–water partition coefficient (Wildman–Crippen LogP) is 0.261. The van der Waals surface area contributed by atoms with Crippen LogP contribution in [0.25, 0.3) is 5.52 Å². The molecule has 0 atom stereocenters. The molecule has 6 heteroatoms. The molecule has 3 N–H and O–H groups in total. The van der Waals surface area contributed by atoms with E-state index in [-0.39, 0.29) is 11.5 Å². The topological polar surface area (TPSA) is 89.1 Å². The van der Waals surface area contributed by atoms with E-state index in [0.29, 0.717) is 11.2 Å². The van der Waals surface area contributed by atoms with Gasteiger partial charge in [-0.25, -0.2) is 9.50 Å². The molecule has 6 nitrogen and oxygen atoms in total. The van der Waals surface area contributed by atoms with Crippen LogP contribution in [0.15, 0.2) is 4.79 Å². The summed E-state index contributed by atoms with van der Waals surface area (Å²) in [6.07, 6.45) is 1.73. The van der Waals surface area contributed by atoms with Crippen LogP contribution in [0, 0.1) is 6.92 Å². The van der Waals surface area contributed by atoms with E-state index >= 15 is 0 Å². The number of aryl methyl sites for hydroxylation is 2. The number of fused-ring (bicyclic) bond motifs is 1. The quantitative estimate of drug-likeness (QED) is 0.739. The maximum Gasteiger partial charge on any atom is 0.278 e. The van der Waals surface area contributed by atoms with E-state index < -0.39 is 0 Å². The Kier molecular flexibility index (Phi) is 2.18. The molecule has 2 aromatic rings. The van der Waals surface area contributed by atoms with E-state index in [2.05, 4.69) is 15.1 Å². The second kappa shape index (κ2) is 3.38. The Morgan fingerprint density at radius 3 is 2.93 bits per heavy atom. The number of anilines is 1. The lowest BCUT2D eigenvalue weighted by Crippen LogP contribution is -2.16. The lowest BCUT2D eigenvalue weighted by atomic mass is 10.3. The number of hydrogen-bond donors (Lipinski definition) is 2. The Hall–Kier alpha value is -1.85. The van der Waals surface area contributed by atoms with Gasteiger partial charge in [0.1, 0.15) is 5.82 Å². The molecule has 0 saturated heterocycles. The highest BCUT2D eigenvalue weighted by Gasteiger charge is 2.12. The maximum absolute atomic E-state index is 11.6. The SMILES string of the molecule is CCCc1nc(C)c2c(=O)[nH]c(N)nn12. The summed E-state index contributed by atoms with van der Waals surface area (Å²) in [5.41, 5.74) is 6.41. The van der Waals surface area contributed by atoms with Crippen LogP contribution in [-0.2, 0) is 6.42 Å². The zero-order valence-electron chi connectivity index (χ0n) is 8.74. The molecule has 0 unspecified atom stereocenters. The molecule has 2 heterocycles. The number of nitrogens with two attached hydrogens (primary N) is 1. The summed E-state index contributed by atoms with van der Waals surface area (Å²) in [4.78, 5) is 18.4. The van der Waals surface area contributed by atoms with Gasteiger partial charge in [0.05, 0.1) is 5.69 Å². The van der Waals surface area contributed by atoms with Crippen molar-refractivity contribution in [3.8, 4) is 0 Å². The van der Waals surface area contributed by atoms with Crippen molar-refractivity contribution in [1.29, 1.82) is 0 Å². The van der Waals surface area contributed by atoms with Crippen molar-refractivity contribution < 1.29 is 0 Å². The largest absolute Gasteiger partial charge is 0.368 e. The number of rotatable bonds is 2. The zero-order chi connectivity index (χ0) is 11.0. The molecule has 80 valence electrons. The van der Waals surface area contributed by atoms with Gasteiger partial charge in [0, 0.05) is 6.42 Å². The smallest absolute Gasteiger partial charge is 0.278 e. The lowest BCUT2D eigenvalue weighted by molar-refractivity contribution is 0.767. The lowest BCUT2D eigenvalue weighted by Gasteiger charge is -1.98. The predicted molar refractivity (Wildman–Crippen MR) is 56.8 cm³/mol. The first-order valence-corrected chi connectivity index (χ1v) is 4.87. The van der Waals surface area contributed by atoms with E-state index in [0.717, 1.165) is 18.7 Å². The first-order chi connectivity index (χ1) is 7.13. The van der Waals surface area contributed by atoms with Gasteiger partial charge in [-0.15, -0.1) is 5.10 Å². The molecule has 0 aliphatic heterocycles. The molecular formula is C9H13N5O. The summed E-state index contributed by atoms with van der Waals surface area (Å²) in [7, 11) is 0. The van der Waals surface area contributed by atoms with E-state index in [1.165, 1.54) is 4.52 Å². The van der Waals surface area contributed by atoms with Crippen molar-refractivity contribution in [2.45, 2.75) is 26.7 Å². The Morgan fingerprint density at radius 2 is 2.27 bits per heavy atom. The van der Waals surface area contributed by atoms with Crippen LogP contribution in [0.1, 0.15) is 24.9 Å². The third-order valence-electron chi connectivity index (χ3n) is 2.23. The van der Waals surface area contributed by atoms with Gasteiger partial charge in [-0.2, -0.15) is 0 Å². The monoisotopic (exact) mass is 207 g/mol. The van der Waals surface area contributed by atoms with Gasteiger partial charge in [-0.1, -0.05) is 6.92 Å². The highest BCUT2D eigenvalue weighted by molar-refractivity contribution is 5.50. The fraction of sp³-hybridized carbons (Fsp3) is 0.444. The van der Waals surface area contributed by atoms with Crippen molar-refractivity contribution in [3.05, 3.63) is 21.9 Å². The molecule has 0 aliphatic carbocycles. The molecule has 0 amide bonds. The van der Waals surface area contributed by atoms with Gasteiger partial charge in [-0.3, -0.25) is 9.78 Å². The number of nitrogens with zero attached hydrogens (tertiary/aromatic N) is 3. The summed E-state index contributed by atoms with van der Waals surface area (Å²) >= 11 is 0. The molecule has 0 fully saturated rings. The van der Waals surface area contributed by atoms with Crippen LogP contribution in [0.2, 0.25) is 0 Å². The van der Waals surface area contributed by atoms with Gasteiger partial charge in [0.15, 0.2) is 5.52 Å². The Bertz CT molecular complexity index is 553. The Morgan fingerprint density at radius 1 is 1.53 bits per heavy atom. The van der Waals surface area contributed by atoms with E-state index in [1.807, 2.05) is 6.92 Å². The standard InChI is InChI=1S/C9H13N5O/c1-3-4-6-11-5(2)7-8(15)12-9(10)13-14(6)7/h3-4H2,1-2H3,(H3,10,12,13,15). The number of imidazole rings is 1. The van der Waals surface area contributed by atoms with Gasteiger partial charge in [0.25, 0.3) is 5.56 Å². The van der Waals surface area contributed by atoms with Crippen molar-refractivity contribution in [1.82, 2.24) is 19.6 Å². The first-order valence-electron chi connectivity index (χ1n) is 4.87. The van der Waals surface area contributed by atoms with Crippen LogP contribution >= 0.6 is 0 Å². The number of nitrogens with one attached hydrogen (secondary N) is 1. The molecule has 2 aromatic heterocycles. The van der Waals surface area contributed by atoms with E-state index in [1.54, 1.807) is 6.92 Å². The Labute approximate surface area is 86.1 Å². The number of nitrogen functional groups attached to an aromatic ring is 1. The molecule has 2 rings (SSSR count). The maximum atomic E-state index is 11.6. The van der Waals surface area contributed by atoms with Crippen LogP contribution in [-0.4, -0.2) is 19.6 Å². The normalized spacial score (nSPS) is 11.1. The molecule has 0 saturated carbocycles. The summed E-state index contributed by atoms with van der Waals surface area (Å²) in [6, 6.07) is 0. The highest BCUT2D eigenvalue weighted by Crippen LogP contribution is 2.08. The fourth-order valence-corrected chi connectivity index (χ4v) is 1.64. The summed E-state index contributed by atoms with van der Waals surface area (Å²) in [5.74, 6) is 0.894. The minimum absolute atomic E-state index is 0.113. The molecule has 0 aromatic carbocycles. The molecule has 0 bridgehead atoms. The van der Waals surface area contributed by atoms with Crippen molar-refractivity contribution in [3.63, 3.8) is 0 Å². The minimum Gasteiger partial charge on any atom is -0.368 e. The fourth-order valence-electron chi connectivity index (χ4n) is 1.64. The van der Waals surface area contributed by atoms with E-state index in [9.17, 15) is 4.79 Å². The molecular weight excluding hydrogens is 194 g/mol. The van der Waals surface area contributed by atoms with Gasteiger partial charge < -0.3 is 5.73 Å². The van der Waals surface area contributed by atoms with E-state index in [4.69, 9.17) is 5.73 Å². The molecule has 0 radical (unpaired) electrons. The number of hydrogen-bond acceptors (Lipinski definition) is 4. The van der Waals surface area contributed by atoms with Gasteiger partial charge in [0.2, 0.25) is 5.95 Å². The first kappa shape index (κ1) is 9.70. The van der Waals surface area contributed by atoms with Gasteiger partial charge in [-0.05, 0) is 13.3 Å². The number of H-pyrrole nitrogens is 1. The third kappa shape index (κ3) is 1.47. The molecule has 0 aliphatic rings. The highest BCUT2D eigenvalue weighted by atomic mass is 16.1. The summed E-state index contributed by atoms with van der Waals surface area (Å²) < 4.78 is 1.53. The number of aromatic nitrogens is 4. The second-order valence-electron chi connectivity index (χ2n) is 3.46. The Balaban J connectivity index is 2.81. The zero-order valence-corrected chi connectivity index (χ0v) is 8.74. The van der Waals surface area contributed by atoms with Gasteiger partial charge >= 0.3 is 0 Å². The van der Waals surface area contributed by atoms with Crippen LogP contribution < -0.4 is 11.3 Å². The van der Waals surface area contributed by atoms with Crippen LogP contribution in [0.3, 0.4) is 0 Å². The summed E-state index contributed by atoms with van der Waals surface area (Å²) in [5, 5.41) is 4.05.